The number of hydrogen-bond donors (Lipinski definition) is 0. The molecule has 17 heavy (non-hydrogen) atoms. The van der Waals surface area contributed by atoms with Gasteiger partial charge in [-0.2, -0.15) is 0 Å². The minimum Gasteiger partial charge on any atom is -0.407 e. The van der Waals surface area contributed by atoms with E-state index < -0.39 is 17.1 Å². The van der Waals surface area contributed by atoms with E-state index in [1.165, 1.54) is 6.42 Å². The molecule has 0 radical (unpaired) electrons. The summed E-state index contributed by atoms with van der Waals surface area (Å²) >= 11 is 0. The van der Waals surface area contributed by atoms with Crippen molar-refractivity contribution in [3.05, 3.63) is 0 Å². The van der Waals surface area contributed by atoms with Gasteiger partial charge >= 0.3 is 0 Å². The molecule has 1 unspecified atom stereocenters. The van der Waals surface area contributed by atoms with Crippen LogP contribution >= 0.6 is 0 Å². The lowest BCUT2D eigenvalue weighted by molar-refractivity contribution is 0.221. The van der Waals surface area contributed by atoms with Crippen molar-refractivity contribution in [3.8, 4) is 11.5 Å². The Morgan fingerprint density at radius 3 is 2.06 bits per heavy atom. The summed E-state index contributed by atoms with van der Waals surface area (Å²) in [6.45, 7) is 18.1. The van der Waals surface area contributed by atoms with Crippen LogP contribution in [0.2, 0.25) is 32.7 Å². The molecule has 0 aromatic heterocycles. The maximum atomic E-state index is 6.03. The van der Waals surface area contributed by atoms with Crippen LogP contribution in [-0.4, -0.2) is 23.2 Å². The van der Waals surface area contributed by atoms with E-state index in [1.807, 2.05) is 0 Å². The van der Waals surface area contributed by atoms with Crippen molar-refractivity contribution in [1.29, 1.82) is 0 Å². The molecule has 0 rings (SSSR count). The van der Waals surface area contributed by atoms with Gasteiger partial charge in [0.25, 0.3) is 0 Å². The summed E-state index contributed by atoms with van der Waals surface area (Å²) in [7, 11) is -2.26. The Hall–Kier alpha value is -0.0462. The first-order valence-corrected chi connectivity index (χ1v) is 13.0. The van der Waals surface area contributed by atoms with Crippen molar-refractivity contribution >= 4 is 17.1 Å². The molecule has 0 bridgehead atoms. The zero-order chi connectivity index (χ0) is 13.7. The molecule has 3 heteroatoms. The van der Waals surface area contributed by atoms with Gasteiger partial charge < -0.3 is 4.43 Å². The van der Waals surface area contributed by atoms with Crippen LogP contribution in [0.3, 0.4) is 0 Å². The molecule has 0 heterocycles. The molecule has 0 aliphatic carbocycles. The van der Waals surface area contributed by atoms with E-state index in [9.17, 15) is 0 Å². The largest absolute Gasteiger partial charge is 0.407 e. The maximum absolute atomic E-state index is 6.03. The van der Waals surface area contributed by atoms with Gasteiger partial charge in [0.1, 0.15) is 14.2 Å². The van der Waals surface area contributed by atoms with Gasteiger partial charge in [0.2, 0.25) is 0 Å². The van der Waals surface area contributed by atoms with Gasteiger partial charge in [-0.25, -0.2) is 0 Å². The zero-order valence-electron chi connectivity index (χ0n) is 13.0. The first-order valence-electron chi connectivity index (χ1n) is 6.68. The van der Waals surface area contributed by atoms with Crippen molar-refractivity contribution in [2.75, 3.05) is 0 Å². The highest BCUT2D eigenvalue weighted by atomic mass is 28.3. The van der Waals surface area contributed by atoms with Crippen LogP contribution in [0, 0.1) is 16.9 Å². The van der Waals surface area contributed by atoms with E-state index in [1.54, 1.807) is 0 Å². The molecular weight excluding hydrogens is 240 g/mol. The van der Waals surface area contributed by atoms with Crippen LogP contribution in [0.15, 0.2) is 0 Å². The van der Waals surface area contributed by atoms with E-state index >= 15 is 0 Å². The summed E-state index contributed by atoms with van der Waals surface area (Å²) in [6, 6.07) is 0. The highest BCUT2D eigenvalue weighted by Crippen LogP contribution is 2.22. The lowest BCUT2D eigenvalue weighted by Crippen LogP contribution is -2.23. The Balaban J connectivity index is 4.48. The lowest BCUT2D eigenvalue weighted by atomic mass is 9.89. The quantitative estimate of drug-likeness (QED) is 0.553. The minimum atomic E-state index is -1.27. The summed E-state index contributed by atoms with van der Waals surface area (Å²) in [6.07, 6.45) is 2.43. The summed E-state index contributed by atoms with van der Waals surface area (Å²) in [5.41, 5.74) is 3.83. The molecular formula is C14H30OSi2. The van der Waals surface area contributed by atoms with E-state index in [0.29, 0.717) is 5.41 Å². The van der Waals surface area contributed by atoms with Crippen molar-refractivity contribution in [2.24, 2.45) is 5.41 Å². The minimum absolute atomic E-state index is 0.174. The van der Waals surface area contributed by atoms with Crippen molar-refractivity contribution < 1.29 is 4.43 Å². The molecule has 0 aliphatic rings. The average molecular weight is 271 g/mol. The fourth-order valence-corrected chi connectivity index (χ4v) is 2.82. The standard InChI is InChI=1S/C14H30OSi2/c1-14(2,3)11-9-13(15-16(4)5)10-12-17(6,7)8/h13,16H,9,11H2,1-8H3. The topological polar surface area (TPSA) is 9.23 Å². The Bertz CT molecular complexity index is 273. The maximum Gasteiger partial charge on any atom is 0.172 e. The monoisotopic (exact) mass is 270 g/mol. The Morgan fingerprint density at radius 1 is 1.18 bits per heavy atom. The van der Waals surface area contributed by atoms with Crippen LogP contribution in [0.4, 0.5) is 0 Å². The van der Waals surface area contributed by atoms with E-state index in [-0.39, 0.29) is 6.10 Å². The molecule has 0 saturated carbocycles. The zero-order valence-corrected chi connectivity index (χ0v) is 15.1. The van der Waals surface area contributed by atoms with Crippen molar-refractivity contribution in [3.63, 3.8) is 0 Å². The van der Waals surface area contributed by atoms with Gasteiger partial charge in [0.05, 0.1) is 0 Å². The molecule has 0 aromatic carbocycles. The van der Waals surface area contributed by atoms with Gasteiger partial charge in [-0.1, -0.05) is 46.3 Å². The summed E-state index contributed by atoms with van der Waals surface area (Å²) in [4.78, 5) is 0. The van der Waals surface area contributed by atoms with Crippen molar-refractivity contribution in [2.45, 2.75) is 72.5 Å². The van der Waals surface area contributed by atoms with Crippen LogP contribution in [-0.2, 0) is 4.43 Å². The van der Waals surface area contributed by atoms with Crippen LogP contribution in [0.5, 0.6) is 0 Å². The first kappa shape index (κ1) is 17.0. The smallest absolute Gasteiger partial charge is 0.172 e. The molecule has 0 fully saturated rings. The molecule has 0 aromatic rings. The SMILES string of the molecule is C[SiH](C)OC(C#C[Si](C)(C)C)CCC(C)(C)C. The van der Waals surface area contributed by atoms with Gasteiger partial charge in [0.15, 0.2) is 9.04 Å². The lowest BCUT2D eigenvalue weighted by Gasteiger charge is -2.22. The molecule has 0 aliphatic heterocycles. The second-order valence-electron chi connectivity index (χ2n) is 7.29. The molecule has 1 nitrogen and oxygen atoms in total. The van der Waals surface area contributed by atoms with E-state index in [4.69, 9.17) is 4.43 Å². The van der Waals surface area contributed by atoms with Gasteiger partial charge in [-0.15, -0.1) is 5.54 Å². The van der Waals surface area contributed by atoms with Gasteiger partial charge in [-0.3, -0.25) is 0 Å². The average Bonchev–Trinajstić information content (AvgIpc) is 2.06. The van der Waals surface area contributed by atoms with E-state index in [0.717, 1.165) is 6.42 Å². The summed E-state index contributed by atoms with van der Waals surface area (Å²) in [5.74, 6) is 3.39. The molecule has 0 saturated heterocycles. The molecule has 1 atom stereocenters. The third-order valence-electron chi connectivity index (χ3n) is 2.20. The van der Waals surface area contributed by atoms with Crippen molar-refractivity contribution in [1.82, 2.24) is 0 Å². The second-order valence-corrected chi connectivity index (χ2v) is 14.4. The third kappa shape index (κ3) is 12.2. The Labute approximate surface area is 111 Å². The van der Waals surface area contributed by atoms with E-state index in [2.05, 4.69) is 65.0 Å². The van der Waals surface area contributed by atoms with Gasteiger partial charge in [0, 0.05) is 0 Å². The molecule has 100 valence electrons. The fraction of sp³-hybridized carbons (Fsp3) is 0.857. The first-order chi connectivity index (χ1) is 7.49. The number of rotatable bonds is 4. The van der Waals surface area contributed by atoms with Gasteiger partial charge in [-0.05, 0) is 31.4 Å². The Kier molecular flexibility index (Phi) is 6.75. The fourth-order valence-electron chi connectivity index (χ4n) is 1.36. The highest BCUT2D eigenvalue weighted by molar-refractivity contribution is 6.83. The molecule has 0 amide bonds. The summed E-state index contributed by atoms with van der Waals surface area (Å²) < 4.78 is 6.03. The molecule has 0 spiro atoms. The Morgan fingerprint density at radius 2 is 1.71 bits per heavy atom. The predicted molar refractivity (Wildman–Crippen MR) is 83.6 cm³/mol. The normalized spacial score (nSPS) is 14.4. The summed E-state index contributed by atoms with van der Waals surface area (Å²) in [5, 5.41) is 0. The number of hydrogen-bond acceptors (Lipinski definition) is 1. The highest BCUT2D eigenvalue weighted by Gasteiger charge is 2.16. The predicted octanol–water partition coefficient (Wildman–Crippen LogP) is 4.06. The second kappa shape index (κ2) is 6.77. The van der Waals surface area contributed by atoms with Crippen LogP contribution in [0.25, 0.3) is 0 Å². The third-order valence-corrected chi connectivity index (χ3v) is 3.97. The van der Waals surface area contributed by atoms with Crippen LogP contribution in [0.1, 0.15) is 33.6 Å². The molecule has 0 N–H and O–H groups in total. The van der Waals surface area contributed by atoms with Crippen LogP contribution < -0.4 is 0 Å².